The van der Waals surface area contributed by atoms with E-state index in [1.165, 1.54) is 18.4 Å². The zero-order valence-corrected chi connectivity index (χ0v) is 11.6. The Morgan fingerprint density at radius 3 is 2.80 bits per heavy atom. The van der Waals surface area contributed by atoms with Gasteiger partial charge in [0.1, 0.15) is 5.01 Å². The Labute approximate surface area is 119 Å². The molecular formula is C14H12N2O3S. The van der Waals surface area contributed by atoms with E-state index in [4.69, 9.17) is 0 Å². The van der Waals surface area contributed by atoms with Crippen LogP contribution in [0.3, 0.4) is 0 Å². The van der Waals surface area contributed by atoms with Gasteiger partial charge in [0.2, 0.25) is 0 Å². The fraction of sp³-hybridized carbons (Fsp3) is 0.286. The quantitative estimate of drug-likeness (QED) is 0.789. The third-order valence-corrected chi connectivity index (χ3v) is 3.91. The maximum absolute atomic E-state index is 12.0. The molecule has 0 fully saturated rings. The van der Waals surface area contributed by atoms with Gasteiger partial charge in [0.25, 0.3) is 0 Å². The molecule has 1 aromatic heterocycles. The van der Waals surface area contributed by atoms with Crippen molar-refractivity contribution >= 4 is 33.3 Å². The van der Waals surface area contributed by atoms with Crippen molar-refractivity contribution in [3.63, 3.8) is 0 Å². The zero-order valence-electron chi connectivity index (χ0n) is 10.8. The van der Waals surface area contributed by atoms with E-state index in [9.17, 15) is 14.9 Å². The van der Waals surface area contributed by atoms with Crippen LogP contribution in [0.4, 0.5) is 0 Å². The second-order valence-corrected chi connectivity index (χ2v) is 5.19. The first-order valence-corrected chi connectivity index (χ1v) is 6.82. The number of hydrogen-bond donors (Lipinski definition) is 0. The first kappa shape index (κ1) is 14.2. The highest BCUT2D eigenvalue weighted by atomic mass is 32.1. The minimum atomic E-state index is -0.919. The van der Waals surface area contributed by atoms with Gasteiger partial charge in [0.15, 0.2) is 11.7 Å². The molecule has 1 atom stereocenters. The number of ether oxygens (including phenoxy) is 1. The number of thiazole rings is 1. The lowest BCUT2D eigenvalue weighted by molar-refractivity contribution is -0.141. The first-order valence-electron chi connectivity index (χ1n) is 6.00. The molecule has 20 heavy (non-hydrogen) atoms. The molecule has 102 valence electrons. The number of benzene rings is 1. The Hall–Kier alpha value is -2.26. The molecule has 0 aliphatic heterocycles. The maximum Gasteiger partial charge on any atom is 0.305 e. The van der Waals surface area contributed by atoms with Crippen molar-refractivity contribution in [3.05, 3.63) is 29.3 Å². The molecule has 0 spiro atoms. The summed E-state index contributed by atoms with van der Waals surface area (Å²) in [6.07, 6.45) is -0.0285. The third-order valence-electron chi connectivity index (χ3n) is 2.81. The smallest absolute Gasteiger partial charge is 0.305 e. The van der Waals surface area contributed by atoms with Gasteiger partial charge < -0.3 is 4.74 Å². The third kappa shape index (κ3) is 3.00. The summed E-state index contributed by atoms with van der Waals surface area (Å²) in [7, 11) is 1.27. The number of Topliss-reactive ketones (excluding diaryl/α,β-unsaturated/α-hetero) is 1. The van der Waals surface area contributed by atoms with Gasteiger partial charge in [-0.2, -0.15) is 5.26 Å². The number of aromatic nitrogens is 1. The number of esters is 1. The molecule has 0 amide bonds. The summed E-state index contributed by atoms with van der Waals surface area (Å²) >= 11 is 1.33. The number of fused-ring (bicyclic) bond motifs is 1. The number of hydrogen-bond acceptors (Lipinski definition) is 6. The Morgan fingerprint density at radius 2 is 2.15 bits per heavy atom. The Bertz CT molecular complexity index is 654. The number of carbonyl (C=O) groups is 2. The summed E-state index contributed by atoms with van der Waals surface area (Å²) in [5.41, 5.74) is 0.772. The van der Waals surface area contributed by atoms with Gasteiger partial charge in [0.05, 0.1) is 29.8 Å². The van der Waals surface area contributed by atoms with E-state index >= 15 is 0 Å². The molecule has 0 bridgehead atoms. The second-order valence-electron chi connectivity index (χ2n) is 4.12. The van der Waals surface area contributed by atoms with E-state index in [2.05, 4.69) is 9.72 Å². The van der Waals surface area contributed by atoms with Crippen LogP contribution in [0.2, 0.25) is 0 Å². The van der Waals surface area contributed by atoms with Crippen molar-refractivity contribution < 1.29 is 14.3 Å². The van der Waals surface area contributed by atoms with E-state index in [1.807, 2.05) is 30.3 Å². The first-order chi connectivity index (χ1) is 9.65. The van der Waals surface area contributed by atoms with Crippen molar-refractivity contribution in [1.82, 2.24) is 4.98 Å². The molecule has 0 aliphatic rings. The van der Waals surface area contributed by atoms with E-state index in [0.717, 1.165) is 10.2 Å². The van der Waals surface area contributed by atoms with Gasteiger partial charge in [-0.1, -0.05) is 12.1 Å². The Balaban J connectivity index is 2.17. The van der Waals surface area contributed by atoms with Crippen LogP contribution in [-0.2, 0) is 14.3 Å². The van der Waals surface area contributed by atoms with Gasteiger partial charge in [0, 0.05) is 6.42 Å². The molecule has 0 N–H and O–H groups in total. The predicted octanol–water partition coefficient (Wildman–Crippen LogP) is 2.43. The topological polar surface area (TPSA) is 80.0 Å². The molecule has 0 saturated carbocycles. The Kier molecular flexibility index (Phi) is 4.43. The summed E-state index contributed by atoms with van der Waals surface area (Å²) in [6, 6.07) is 9.43. The van der Waals surface area contributed by atoms with Gasteiger partial charge in [-0.25, -0.2) is 4.98 Å². The van der Waals surface area contributed by atoms with Crippen molar-refractivity contribution in [2.24, 2.45) is 0 Å². The Morgan fingerprint density at radius 1 is 1.40 bits per heavy atom. The highest BCUT2D eigenvalue weighted by Crippen LogP contribution is 2.28. The molecule has 0 saturated heterocycles. The van der Waals surface area contributed by atoms with Crippen LogP contribution in [0.1, 0.15) is 23.8 Å². The number of nitrogens with zero attached hydrogens (tertiary/aromatic N) is 2. The lowest BCUT2D eigenvalue weighted by Crippen LogP contribution is -2.13. The monoisotopic (exact) mass is 288 g/mol. The normalized spacial score (nSPS) is 11.8. The second kappa shape index (κ2) is 6.26. The molecule has 1 unspecified atom stereocenters. The molecular weight excluding hydrogens is 276 g/mol. The van der Waals surface area contributed by atoms with Crippen LogP contribution in [-0.4, -0.2) is 23.8 Å². The summed E-state index contributed by atoms with van der Waals surface area (Å²) in [6.45, 7) is 0. The maximum atomic E-state index is 12.0. The predicted molar refractivity (Wildman–Crippen MR) is 74.2 cm³/mol. The van der Waals surface area contributed by atoms with Crippen molar-refractivity contribution in [2.45, 2.75) is 18.8 Å². The number of para-hydroxylation sites is 1. The molecule has 1 aromatic carbocycles. The van der Waals surface area contributed by atoms with Crippen LogP contribution in [0.15, 0.2) is 24.3 Å². The number of methoxy groups -OCH3 is 1. The number of ketones is 1. The average molecular weight is 288 g/mol. The van der Waals surface area contributed by atoms with Crippen LogP contribution >= 0.6 is 11.3 Å². The number of rotatable bonds is 5. The highest BCUT2D eigenvalue weighted by Gasteiger charge is 2.24. The summed E-state index contributed by atoms with van der Waals surface area (Å²) in [5.74, 6) is -1.69. The minimum Gasteiger partial charge on any atom is -0.469 e. The number of nitriles is 1. The van der Waals surface area contributed by atoms with Crippen molar-refractivity contribution in [1.29, 1.82) is 5.26 Å². The number of carbonyl (C=O) groups excluding carboxylic acids is 2. The molecule has 2 rings (SSSR count). The van der Waals surface area contributed by atoms with Crippen LogP contribution in [0, 0.1) is 11.3 Å². The lowest BCUT2D eigenvalue weighted by Gasteiger charge is -2.03. The standard InChI is InChI=1S/C14H12N2O3S/c1-19-13(18)7-6-11(17)9(8-15)14-16-10-4-2-3-5-12(10)20-14/h2-5,9H,6-7H2,1H3. The highest BCUT2D eigenvalue weighted by molar-refractivity contribution is 7.18. The van der Waals surface area contributed by atoms with Crippen molar-refractivity contribution in [3.8, 4) is 6.07 Å². The molecule has 2 aromatic rings. The summed E-state index contributed by atoms with van der Waals surface area (Å²) in [5, 5.41) is 9.65. The summed E-state index contributed by atoms with van der Waals surface area (Å²) < 4.78 is 5.41. The molecule has 0 radical (unpaired) electrons. The summed E-state index contributed by atoms with van der Waals surface area (Å²) in [4.78, 5) is 27.4. The fourth-order valence-electron chi connectivity index (χ4n) is 1.75. The van der Waals surface area contributed by atoms with Gasteiger partial charge in [-0.3, -0.25) is 9.59 Å². The lowest BCUT2D eigenvalue weighted by atomic mass is 10.0. The fourth-order valence-corrected chi connectivity index (χ4v) is 2.79. The van der Waals surface area contributed by atoms with Crippen LogP contribution in [0.25, 0.3) is 10.2 Å². The van der Waals surface area contributed by atoms with Crippen LogP contribution < -0.4 is 0 Å². The van der Waals surface area contributed by atoms with E-state index in [0.29, 0.717) is 5.01 Å². The van der Waals surface area contributed by atoms with Crippen molar-refractivity contribution in [2.75, 3.05) is 7.11 Å². The molecule has 5 nitrogen and oxygen atoms in total. The molecule has 0 aliphatic carbocycles. The van der Waals surface area contributed by atoms with E-state index < -0.39 is 11.9 Å². The van der Waals surface area contributed by atoms with E-state index in [1.54, 1.807) is 0 Å². The van der Waals surface area contributed by atoms with E-state index in [-0.39, 0.29) is 18.6 Å². The SMILES string of the molecule is COC(=O)CCC(=O)C(C#N)c1nc2ccccc2s1. The molecule has 1 heterocycles. The largest absolute Gasteiger partial charge is 0.469 e. The molecule has 6 heteroatoms. The van der Waals surface area contributed by atoms with Gasteiger partial charge in [-0.05, 0) is 12.1 Å². The van der Waals surface area contributed by atoms with Gasteiger partial charge >= 0.3 is 5.97 Å². The van der Waals surface area contributed by atoms with Crippen LogP contribution in [0.5, 0.6) is 0 Å². The average Bonchev–Trinajstić information content (AvgIpc) is 2.88. The zero-order chi connectivity index (χ0) is 14.5. The minimum absolute atomic E-state index is 0.0131. The van der Waals surface area contributed by atoms with Gasteiger partial charge in [-0.15, -0.1) is 11.3 Å².